The van der Waals surface area contributed by atoms with E-state index in [2.05, 4.69) is 26.1 Å². The van der Waals surface area contributed by atoms with Gasteiger partial charge in [0.25, 0.3) is 0 Å². The third-order valence-corrected chi connectivity index (χ3v) is 5.07. The summed E-state index contributed by atoms with van der Waals surface area (Å²) in [6, 6.07) is 6.03. The second kappa shape index (κ2) is 18.3. The van der Waals surface area contributed by atoms with Crippen LogP contribution in [0.1, 0.15) is 26.2 Å². The zero-order chi connectivity index (χ0) is 19.5. The fourth-order valence-corrected chi connectivity index (χ4v) is 3.18. The fourth-order valence-electron chi connectivity index (χ4n) is 2.65. The topological polar surface area (TPSA) is 105 Å². The molecule has 1 aromatic carbocycles. The minimum Gasteiger partial charge on any atom is -0.652 e. The van der Waals surface area contributed by atoms with E-state index in [4.69, 9.17) is 31.3 Å². The van der Waals surface area contributed by atoms with Crippen LogP contribution in [0.4, 0.5) is 4.79 Å². The summed E-state index contributed by atoms with van der Waals surface area (Å²) >= 11 is 9.55. The SMILES string of the molecule is CC(=O)NC1CCN(CCCOc2cccc(Br)c2Cl)CC1.O=C([O-])[O-].[K+].[K+]. The number of halogens is 2. The Balaban J connectivity index is 0. The van der Waals surface area contributed by atoms with Gasteiger partial charge in [-0.05, 0) is 53.5 Å². The Labute approximate surface area is 264 Å². The van der Waals surface area contributed by atoms with Crippen molar-refractivity contribution in [3.63, 3.8) is 0 Å². The first-order valence-corrected chi connectivity index (χ1v) is 9.41. The predicted octanol–water partition coefficient (Wildman–Crippen LogP) is -4.97. The van der Waals surface area contributed by atoms with Gasteiger partial charge in [-0.2, -0.15) is 0 Å². The molecule has 1 amide bonds. The van der Waals surface area contributed by atoms with Crippen LogP contribution < -0.4 is 123 Å². The summed E-state index contributed by atoms with van der Waals surface area (Å²) < 4.78 is 6.59. The van der Waals surface area contributed by atoms with Gasteiger partial charge in [0.2, 0.25) is 5.91 Å². The molecule has 1 aromatic rings. The van der Waals surface area contributed by atoms with E-state index in [0.717, 1.165) is 49.1 Å². The van der Waals surface area contributed by atoms with Gasteiger partial charge in [-0.3, -0.25) is 4.79 Å². The molecule has 1 aliphatic heterocycles. The third kappa shape index (κ3) is 14.7. The molecule has 1 saturated heterocycles. The number of likely N-dealkylation sites (tertiary alicyclic amines) is 1. The quantitative estimate of drug-likeness (QED) is 0.294. The summed E-state index contributed by atoms with van der Waals surface area (Å²) in [4.78, 5) is 21.8. The summed E-state index contributed by atoms with van der Waals surface area (Å²) in [7, 11) is 0. The van der Waals surface area contributed by atoms with Crippen molar-refractivity contribution >= 4 is 39.6 Å². The molecule has 146 valence electrons. The average molecular weight is 528 g/mol. The van der Waals surface area contributed by atoms with Crippen LogP contribution in [-0.2, 0) is 4.79 Å². The number of hydrogen-bond acceptors (Lipinski definition) is 6. The van der Waals surface area contributed by atoms with Gasteiger partial charge in [-0.25, -0.2) is 0 Å². The molecule has 11 heteroatoms. The molecule has 0 spiro atoms. The van der Waals surface area contributed by atoms with Gasteiger partial charge in [0.05, 0.1) is 11.6 Å². The van der Waals surface area contributed by atoms with E-state index < -0.39 is 6.16 Å². The zero-order valence-electron chi connectivity index (χ0n) is 16.5. The summed E-state index contributed by atoms with van der Waals surface area (Å²) in [6.45, 7) is 5.31. The van der Waals surface area contributed by atoms with Crippen molar-refractivity contribution in [2.45, 2.75) is 32.2 Å². The molecular formula is C17H22BrClK2N2O5. The van der Waals surface area contributed by atoms with Gasteiger partial charge in [-0.1, -0.05) is 17.7 Å². The minimum atomic E-state index is -2.33. The second-order valence-electron chi connectivity index (χ2n) is 5.82. The van der Waals surface area contributed by atoms with Crippen molar-refractivity contribution in [2.24, 2.45) is 0 Å². The molecule has 1 N–H and O–H groups in total. The molecule has 0 atom stereocenters. The van der Waals surface area contributed by atoms with Gasteiger partial charge >= 0.3 is 103 Å². The molecule has 2 rings (SSSR count). The number of amides is 1. The van der Waals surface area contributed by atoms with Crippen molar-refractivity contribution < 1.29 is 127 Å². The molecule has 0 bridgehead atoms. The number of nitrogens with one attached hydrogen (secondary N) is 1. The number of carboxylic acid groups (broad SMARTS) is 2. The smallest absolute Gasteiger partial charge is 0.652 e. The number of benzene rings is 1. The fraction of sp³-hybridized carbons (Fsp3) is 0.529. The van der Waals surface area contributed by atoms with Crippen LogP contribution in [-0.4, -0.2) is 49.2 Å². The summed E-state index contributed by atoms with van der Waals surface area (Å²) in [5.41, 5.74) is 0. The van der Waals surface area contributed by atoms with Gasteiger partial charge in [-0.15, -0.1) is 0 Å². The van der Waals surface area contributed by atoms with Gasteiger partial charge in [0.1, 0.15) is 5.75 Å². The molecule has 0 unspecified atom stereocenters. The molecular weight excluding hydrogens is 506 g/mol. The van der Waals surface area contributed by atoms with Crippen LogP contribution in [0.25, 0.3) is 0 Å². The van der Waals surface area contributed by atoms with Crippen LogP contribution in [0.5, 0.6) is 5.75 Å². The molecule has 0 radical (unpaired) electrons. The molecule has 1 fully saturated rings. The van der Waals surface area contributed by atoms with Crippen molar-refractivity contribution in [1.29, 1.82) is 0 Å². The molecule has 0 aliphatic carbocycles. The molecule has 1 heterocycles. The van der Waals surface area contributed by atoms with E-state index in [0.29, 0.717) is 17.7 Å². The molecule has 7 nitrogen and oxygen atoms in total. The van der Waals surface area contributed by atoms with Gasteiger partial charge < -0.3 is 30.0 Å². The Hall–Kier alpha value is 1.76. The summed E-state index contributed by atoms with van der Waals surface area (Å²) in [5.74, 6) is 0.790. The molecule has 0 aromatic heterocycles. The van der Waals surface area contributed by atoms with Crippen molar-refractivity contribution in [2.75, 3.05) is 26.2 Å². The Morgan fingerprint density at radius 3 is 2.39 bits per heavy atom. The molecule has 28 heavy (non-hydrogen) atoms. The Kier molecular flexibility index (Phi) is 20.9. The van der Waals surface area contributed by atoms with Gasteiger partial charge in [0.15, 0.2) is 0 Å². The zero-order valence-corrected chi connectivity index (χ0v) is 25.1. The van der Waals surface area contributed by atoms with E-state index in [1.54, 1.807) is 6.92 Å². The summed E-state index contributed by atoms with van der Waals surface area (Å²) in [6.07, 6.45) is 0.684. The number of hydrogen-bond donors (Lipinski definition) is 1. The van der Waals surface area contributed by atoms with E-state index in [-0.39, 0.29) is 109 Å². The van der Waals surface area contributed by atoms with Gasteiger partial charge in [0, 0.05) is 37.1 Å². The Bertz CT molecular complexity index is 601. The van der Waals surface area contributed by atoms with Crippen molar-refractivity contribution in [3.05, 3.63) is 27.7 Å². The van der Waals surface area contributed by atoms with E-state index >= 15 is 0 Å². The predicted molar refractivity (Wildman–Crippen MR) is 97.9 cm³/mol. The number of carbonyl (C=O) groups is 2. The van der Waals surface area contributed by atoms with Crippen LogP contribution in [0.3, 0.4) is 0 Å². The van der Waals surface area contributed by atoms with Crippen LogP contribution in [0.2, 0.25) is 5.02 Å². The largest absolute Gasteiger partial charge is 1.00 e. The van der Waals surface area contributed by atoms with E-state index in [1.807, 2.05) is 18.2 Å². The van der Waals surface area contributed by atoms with Crippen LogP contribution in [0, 0.1) is 0 Å². The van der Waals surface area contributed by atoms with E-state index in [9.17, 15) is 4.79 Å². The first-order chi connectivity index (χ1) is 12.3. The summed E-state index contributed by atoms with van der Waals surface area (Å²) in [5, 5.41) is 20.3. The molecule has 0 saturated carbocycles. The Morgan fingerprint density at radius 2 is 1.86 bits per heavy atom. The maximum atomic E-state index is 11.0. The van der Waals surface area contributed by atoms with Crippen molar-refractivity contribution in [3.8, 4) is 5.75 Å². The number of carbonyl (C=O) groups excluding carboxylic acids is 2. The maximum Gasteiger partial charge on any atom is 1.00 e. The monoisotopic (exact) mass is 526 g/mol. The second-order valence-corrected chi connectivity index (χ2v) is 7.05. The average Bonchev–Trinajstić information content (AvgIpc) is 2.56. The minimum absolute atomic E-state index is 0. The number of piperidine rings is 1. The number of nitrogens with zero attached hydrogens (tertiary/aromatic N) is 1. The number of rotatable bonds is 6. The van der Waals surface area contributed by atoms with Crippen LogP contribution in [0.15, 0.2) is 22.7 Å². The third-order valence-electron chi connectivity index (χ3n) is 3.79. The Morgan fingerprint density at radius 1 is 1.29 bits per heavy atom. The normalized spacial score (nSPS) is 13.8. The van der Waals surface area contributed by atoms with Crippen molar-refractivity contribution in [1.82, 2.24) is 10.2 Å². The van der Waals surface area contributed by atoms with E-state index in [1.165, 1.54) is 0 Å². The number of ether oxygens (including phenoxy) is 1. The first kappa shape index (κ1) is 31.9. The maximum absolute atomic E-state index is 11.0. The first-order valence-electron chi connectivity index (χ1n) is 8.24. The van der Waals surface area contributed by atoms with Crippen LogP contribution >= 0.6 is 27.5 Å². The standard InChI is InChI=1S/C16H22BrClN2O2.CH2O3.2K/c1-12(21)19-13-6-9-20(10-7-13)8-3-11-22-15-5-2-4-14(17)16(15)18;2-1(3)4;;/h2,4-5,13H,3,6-11H2,1H3,(H,19,21);(H2,2,3,4);;/q;;2*+1/p-2. The molecule has 1 aliphatic rings.